The number of nitrogens with zero attached hydrogens (tertiary/aromatic N) is 2. The molecule has 0 spiro atoms. The van der Waals surface area contributed by atoms with Crippen molar-refractivity contribution >= 4 is 11.3 Å². The number of pyridine rings is 1. The van der Waals surface area contributed by atoms with E-state index in [9.17, 15) is 0 Å². The molecule has 0 saturated carbocycles. The summed E-state index contributed by atoms with van der Waals surface area (Å²) in [7, 11) is 0. The van der Waals surface area contributed by atoms with Crippen LogP contribution in [0.3, 0.4) is 0 Å². The molecule has 98 valence electrons. The fraction of sp³-hybridized carbons (Fsp3) is 0.333. The van der Waals surface area contributed by atoms with Gasteiger partial charge in [-0.3, -0.25) is 0 Å². The molecule has 2 rings (SSSR count). The second-order valence-corrected chi connectivity index (χ2v) is 6.05. The van der Waals surface area contributed by atoms with Crippen LogP contribution in [0.15, 0.2) is 24.4 Å². The molecule has 0 aliphatic heterocycles. The summed E-state index contributed by atoms with van der Waals surface area (Å²) in [5, 5.41) is 12.5. The Bertz CT molecular complexity index is 610. The third kappa shape index (κ3) is 3.19. The molecule has 2 aromatic heterocycles. The van der Waals surface area contributed by atoms with E-state index in [1.165, 1.54) is 15.3 Å². The Hall–Kier alpha value is -1.70. The smallest absolute Gasteiger partial charge is 0.144 e. The van der Waals surface area contributed by atoms with E-state index in [2.05, 4.69) is 43.2 Å². The van der Waals surface area contributed by atoms with E-state index in [-0.39, 0.29) is 6.04 Å². The molecule has 0 aliphatic carbocycles. The molecule has 3 nitrogen and oxygen atoms in total. The molecule has 0 amide bonds. The summed E-state index contributed by atoms with van der Waals surface area (Å²) in [6.45, 7) is 7.09. The minimum atomic E-state index is 0.275. The second-order valence-electron chi connectivity index (χ2n) is 4.59. The number of rotatable bonds is 4. The Labute approximate surface area is 117 Å². The zero-order chi connectivity index (χ0) is 13.8. The van der Waals surface area contributed by atoms with Gasteiger partial charge < -0.3 is 5.32 Å². The third-order valence-electron chi connectivity index (χ3n) is 3.14. The topological polar surface area (TPSA) is 48.7 Å². The molecule has 4 heteroatoms. The van der Waals surface area contributed by atoms with Gasteiger partial charge in [0.1, 0.15) is 11.8 Å². The number of nitrogens with one attached hydrogen (secondary N) is 1. The Kier molecular flexibility index (Phi) is 4.31. The monoisotopic (exact) mass is 271 g/mol. The van der Waals surface area contributed by atoms with Crippen molar-refractivity contribution in [2.24, 2.45) is 0 Å². The predicted molar refractivity (Wildman–Crippen MR) is 78.0 cm³/mol. The highest BCUT2D eigenvalue weighted by Gasteiger charge is 2.11. The first kappa shape index (κ1) is 13.7. The Balaban J connectivity index is 2.07. The molecular weight excluding hydrogens is 254 g/mol. The van der Waals surface area contributed by atoms with Crippen molar-refractivity contribution in [3.63, 3.8) is 0 Å². The molecule has 2 heterocycles. The van der Waals surface area contributed by atoms with Crippen LogP contribution in [0.1, 0.15) is 39.5 Å². The second kappa shape index (κ2) is 5.96. The van der Waals surface area contributed by atoms with Crippen LogP contribution in [0.4, 0.5) is 0 Å². The molecule has 2 aromatic rings. The van der Waals surface area contributed by atoms with Crippen molar-refractivity contribution in [3.05, 3.63) is 51.0 Å². The fourth-order valence-electron chi connectivity index (χ4n) is 2.14. The largest absolute Gasteiger partial charge is 0.306 e. The Morgan fingerprint density at radius 3 is 2.89 bits per heavy atom. The Morgan fingerprint density at radius 2 is 2.26 bits per heavy atom. The summed E-state index contributed by atoms with van der Waals surface area (Å²) >= 11 is 1.82. The maximum atomic E-state index is 9.01. The zero-order valence-corrected chi connectivity index (χ0v) is 12.2. The lowest BCUT2D eigenvalue weighted by Crippen LogP contribution is -2.19. The van der Waals surface area contributed by atoms with E-state index in [1.807, 2.05) is 23.5 Å². The number of nitriles is 1. The van der Waals surface area contributed by atoms with Gasteiger partial charge in [-0.25, -0.2) is 4.98 Å². The van der Waals surface area contributed by atoms with Gasteiger partial charge in [-0.05, 0) is 38.5 Å². The molecule has 1 atom stereocenters. The van der Waals surface area contributed by atoms with Crippen LogP contribution in [0.25, 0.3) is 0 Å². The van der Waals surface area contributed by atoms with Crippen LogP contribution >= 0.6 is 11.3 Å². The van der Waals surface area contributed by atoms with Gasteiger partial charge in [-0.15, -0.1) is 11.3 Å². The van der Waals surface area contributed by atoms with Gasteiger partial charge >= 0.3 is 0 Å². The van der Waals surface area contributed by atoms with Crippen LogP contribution in [0, 0.1) is 25.2 Å². The van der Waals surface area contributed by atoms with E-state index in [4.69, 9.17) is 5.26 Å². The first-order chi connectivity index (χ1) is 9.11. The lowest BCUT2D eigenvalue weighted by Gasteiger charge is -2.14. The van der Waals surface area contributed by atoms with Gasteiger partial charge in [0.2, 0.25) is 0 Å². The van der Waals surface area contributed by atoms with Gasteiger partial charge in [-0.2, -0.15) is 5.26 Å². The number of thiophene rings is 1. The van der Waals surface area contributed by atoms with Crippen LogP contribution in [-0.2, 0) is 6.54 Å². The molecule has 0 fully saturated rings. The van der Waals surface area contributed by atoms with Crippen LogP contribution < -0.4 is 5.32 Å². The summed E-state index contributed by atoms with van der Waals surface area (Å²) in [6, 6.07) is 8.43. The summed E-state index contributed by atoms with van der Waals surface area (Å²) in [4.78, 5) is 6.76. The minimum absolute atomic E-state index is 0.275. The standard InChI is InChI=1S/C15H17N3S/c1-10-7-14(12(3)19-10)11(2)18-9-13-5-4-6-17-15(13)8-16/h4-7,11,18H,9H2,1-3H3. The minimum Gasteiger partial charge on any atom is -0.306 e. The van der Waals surface area contributed by atoms with Gasteiger partial charge in [0, 0.05) is 34.1 Å². The number of hydrogen-bond donors (Lipinski definition) is 1. The molecule has 0 bridgehead atoms. The third-order valence-corrected chi connectivity index (χ3v) is 4.12. The van der Waals surface area contributed by atoms with Crippen molar-refractivity contribution < 1.29 is 0 Å². The zero-order valence-electron chi connectivity index (χ0n) is 11.4. The van der Waals surface area contributed by atoms with Crippen LogP contribution in [-0.4, -0.2) is 4.98 Å². The number of hydrogen-bond acceptors (Lipinski definition) is 4. The van der Waals surface area contributed by atoms with Gasteiger partial charge in [0.15, 0.2) is 0 Å². The predicted octanol–water partition coefficient (Wildman–Crippen LogP) is 3.48. The lowest BCUT2D eigenvalue weighted by atomic mass is 10.1. The van der Waals surface area contributed by atoms with E-state index >= 15 is 0 Å². The summed E-state index contributed by atoms with van der Waals surface area (Å²) in [6.07, 6.45) is 1.65. The van der Waals surface area contributed by atoms with E-state index < -0.39 is 0 Å². The van der Waals surface area contributed by atoms with E-state index in [0.29, 0.717) is 12.2 Å². The molecule has 0 aromatic carbocycles. The van der Waals surface area contributed by atoms with Crippen molar-refractivity contribution in [1.82, 2.24) is 10.3 Å². The number of aromatic nitrogens is 1. The first-order valence-electron chi connectivity index (χ1n) is 6.26. The fourth-order valence-corrected chi connectivity index (χ4v) is 3.16. The highest BCUT2D eigenvalue weighted by molar-refractivity contribution is 7.12. The molecule has 0 aliphatic rings. The number of aryl methyl sites for hydroxylation is 2. The van der Waals surface area contributed by atoms with E-state index in [0.717, 1.165) is 5.56 Å². The SMILES string of the molecule is Cc1cc(C(C)NCc2cccnc2C#N)c(C)s1. The maximum Gasteiger partial charge on any atom is 0.144 e. The summed E-state index contributed by atoms with van der Waals surface area (Å²) < 4.78 is 0. The molecule has 19 heavy (non-hydrogen) atoms. The lowest BCUT2D eigenvalue weighted by molar-refractivity contribution is 0.572. The van der Waals surface area contributed by atoms with Gasteiger partial charge in [-0.1, -0.05) is 6.07 Å². The molecular formula is C15H17N3S. The van der Waals surface area contributed by atoms with Crippen molar-refractivity contribution in [2.45, 2.75) is 33.4 Å². The van der Waals surface area contributed by atoms with Crippen molar-refractivity contribution in [2.75, 3.05) is 0 Å². The van der Waals surface area contributed by atoms with Crippen molar-refractivity contribution in [1.29, 1.82) is 5.26 Å². The maximum absolute atomic E-state index is 9.01. The average molecular weight is 271 g/mol. The molecule has 1 unspecified atom stereocenters. The van der Waals surface area contributed by atoms with Crippen LogP contribution in [0.5, 0.6) is 0 Å². The highest BCUT2D eigenvalue weighted by Crippen LogP contribution is 2.26. The summed E-state index contributed by atoms with van der Waals surface area (Å²) in [5.41, 5.74) is 2.78. The summed E-state index contributed by atoms with van der Waals surface area (Å²) in [5.74, 6) is 0. The highest BCUT2D eigenvalue weighted by atomic mass is 32.1. The van der Waals surface area contributed by atoms with Gasteiger partial charge in [0.05, 0.1) is 0 Å². The van der Waals surface area contributed by atoms with Crippen molar-refractivity contribution in [3.8, 4) is 6.07 Å². The Morgan fingerprint density at radius 1 is 1.47 bits per heavy atom. The molecule has 0 saturated heterocycles. The normalized spacial score (nSPS) is 12.1. The quantitative estimate of drug-likeness (QED) is 0.926. The van der Waals surface area contributed by atoms with Crippen LogP contribution in [0.2, 0.25) is 0 Å². The van der Waals surface area contributed by atoms with Gasteiger partial charge in [0.25, 0.3) is 0 Å². The molecule has 0 radical (unpaired) electrons. The van der Waals surface area contributed by atoms with E-state index in [1.54, 1.807) is 6.20 Å². The average Bonchev–Trinajstić information content (AvgIpc) is 2.75. The molecule has 1 N–H and O–H groups in total. The first-order valence-corrected chi connectivity index (χ1v) is 7.07.